The second-order valence-electron chi connectivity index (χ2n) is 5.27. The minimum atomic E-state index is -0.123. The maximum absolute atomic E-state index is 12.2. The van der Waals surface area contributed by atoms with Gasteiger partial charge in [-0.15, -0.1) is 0 Å². The van der Waals surface area contributed by atoms with Crippen molar-refractivity contribution in [2.45, 2.75) is 39.9 Å². The standard InChI is InChI=1S/C14H21N5O2/c1-10(7-19-6-5-15-9-19)16-14(20)18(4)8-13-11(2)17-21-12(13)3/h5-6,9-10H,7-8H2,1-4H3,(H,16,20). The van der Waals surface area contributed by atoms with Crippen molar-refractivity contribution in [2.75, 3.05) is 7.05 Å². The number of imidazole rings is 1. The van der Waals surface area contributed by atoms with E-state index in [1.54, 1.807) is 24.5 Å². The molecule has 2 amide bonds. The van der Waals surface area contributed by atoms with Gasteiger partial charge in [-0.3, -0.25) is 0 Å². The number of nitrogens with zero attached hydrogens (tertiary/aromatic N) is 4. The third kappa shape index (κ3) is 3.84. The average molecular weight is 291 g/mol. The predicted molar refractivity (Wildman–Crippen MR) is 77.7 cm³/mol. The number of urea groups is 1. The summed E-state index contributed by atoms with van der Waals surface area (Å²) in [5.74, 6) is 0.749. The summed E-state index contributed by atoms with van der Waals surface area (Å²) in [7, 11) is 1.76. The number of aromatic nitrogens is 3. The Morgan fingerprint density at radius 3 is 2.86 bits per heavy atom. The van der Waals surface area contributed by atoms with E-state index in [0.717, 1.165) is 17.0 Å². The lowest BCUT2D eigenvalue weighted by atomic mass is 10.2. The van der Waals surface area contributed by atoms with Gasteiger partial charge in [0.1, 0.15) is 5.76 Å². The molecular weight excluding hydrogens is 270 g/mol. The van der Waals surface area contributed by atoms with E-state index in [1.807, 2.05) is 31.5 Å². The molecule has 7 heteroatoms. The zero-order valence-electron chi connectivity index (χ0n) is 12.8. The van der Waals surface area contributed by atoms with Crippen LogP contribution in [-0.2, 0) is 13.1 Å². The van der Waals surface area contributed by atoms with Crippen LogP contribution in [0.3, 0.4) is 0 Å². The van der Waals surface area contributed by atoms with Gasteiger partial charge >= 0.3 is 6.03 Å². The van der Waals surface area contributed by atoms with E-state index in [4.69, 9.17) is 4.52 Å². The summed E-state index contributed by atoms with van der Waals surface area (Å²) in [6.07, 6.45) is 5.32. The van der Waals surface area contributed by atoms with Crippen molar-refractivity contribution in [3.8, 4) is 0 Å². The summed E-state index contributed by atoms with van der Waals surface area (Å²) in [4.78, 5) is 17.8. The Kier molecular flexibility index (Phi) is 4.62. The van der Waals surface area contributed by atoms with Crippen molar-refractivity contribution in [1.29, 1.82) is 0 Å². The fraction of sp³-hybridized carbons (Fsp3) is 0.500. The number of carbonyl (C=O) groups excluding carboxylic acids is 1. The van der Waals surface area contributed by atoms with Gasteiger partial charge < -0.3 is 19.3 Å². The Hall–Kier alpha value is -2.31. The minimum absolute atomic E-state index is 0.0128. The van der Waals surface area contributed by atoms with Gasteiger partial charge in [0.25, 0.3) is 0 Å². The third-order valence-corrected chi connectivity index (χ3v) is 3.34. The average Bonchev–Trinajstić information content (AvgIpc) is 3.03. The summed E-state index contributed by atoms with van der Waals surface area (Å²) in [6.45, 7) is 6.85. The maximum Gasteiger partial charge on any atom is 0.317 e. The molecule has 0 radical (unpaired) electrons. The zero-order chi connectivity index (χ0) is 15.4. The van der Waals surface area contributed by atoms with Crippen LogP contribution in [0.1, 0.15) is 23.9 Å². The number of rotatable bonds is 5. The van der Waals surface area contributed by atoms with E-state index in [-0.39, 0.29) is 12.1 Å². The van der Waals surface area contributed by atoms with Gasteiger partial charge in [0.2, 0.25) is 0 Å². The molecule has 2 rings (SSSR count). The molecule has 0 aliphatic heterocycles. The fourth-order valence-corrected chi connectivity index (χ4v) is 2.11. The lowest BCUT2D eigenvalue weighted by molar-refractivity contribution is 0.202. The van der Waals surface area contributed by atoms with Gasteiger partial charge in [-0.05, 0) is 20.8 Å². The van der Waals surface area contributed by atoms with Crippen LogP contribution in [0.2, 0.25) is 0 Å². The number of carbonyl (C=O) groups is 1. The first-order valence-corrected chi connectivity index (χ1v) is 6.86. The minimum Gasteiger partial charge on any atom is -0.361 e. The molecule has 1 N–H and O–H groups in total. The lowest BCUT2D eigenvalue weighted by Crippen LogP contribution is -2.43. The molecule has 114 valence electrons. The van der Waals surface area contributed by atoms with Gasteiger partial charge in [0.15, 0.2) is 0 Å². The topological polar surface area (TPSA) is 76.2 Å². The van der Waals surface area contributed by atoms with Crippen LogP contribution in [0, 0.1) is 13.8 Å². The second-order valence-corrected chi connectivity index (χ2v) is 5.27. The van der Waals surface area contributed by atoms with Crippen LogP contribution < -0.4 is 5.32 Å². The second kappa shape index (κ2) is 6.43. The number of aryl methyl sites for hydroxylation is 2. The molecule has 2 heterocycles. The molecule has 1 unspecified atom stereocenters. The Bertz CT molecular complexity index is 571. The van der Waals surface area contributed by atoms with E-state index in [9.17, 15) is 4.79 Å². The molecule has 2 aromatic rings. The normalized spacial score (nSPS) is 12.2. The van der Waals surface area contributed by atoms with Crippen LogP contribution in [0.4, 0.5) is 4.79 Å². The molecule has 0 saturated carbocycles. The number of hydrogen-bond donors (Lipinski definition) is 1. The highest BCUT2D eigenvalue weighted by atomic mass is 16.5. The van der Waals surface area contributed by atoms with Crippen LogP contribution in [-0.4, -0.2) is 38.7 Å². The molecule has 0 fully saturated rings. The smallest absolute Gasteiger partial charge is 0.317 e. The summed E-state index contributed by atoms with van der Waals surface area (Å²) in [5.41, 5.74) is 1.77. The van der Waals surface area contributed by atoms with Crippen LogP contribution in [0.25, 0.3) is 0 Å². The van der Waals surface area contributed by atoms with E-state index in [2.05, 4.69) is 15.5 Å². The fourth-order valence-electron chi connectivity index (χ4n) is 2.11. The van der Waals surface area contributed by atoms with Crippen LogP contribution in [0.15, 0.2) is 23.2 Å². The molecule has 2 aromatic heterocycles. The third-order valence-electron chi connectivity index (χ3n) is 3.34. The van der Waals surface area contributed by atoms with Crippen molar-refractivity contribution in [2.24, 2.45) is 0 Å². The van der Waals surface area contributed by atoms with E-state index < -0.39 is 0 Å². The van der Waals surface area contributed by atoms with E-state index in [0.29, 0.717) is 13.1 Å². The van der Waals surface area contributed by atoms with Crippen molar-refractivity contribution in [1.82, 2.24) is 24.9 Å². The van der Waals surface area contributed by atoms with Crippen molar-refractivity contribution in [3.63, 3.8) is 0 Å². The van der Waals surface area contributed by atoms with Crippen molar-refractivity contribution < 1.29 is 9.32 Å². The summed E-state index contributed by atoms with van der Waals surface area (Å²) < 4.78 is 7.04. The monoisotopic (exact) mass is 291 g/mol. The zero-order valence-corrected chi connectivity index (χ0v) is 12.8. The number of amides is 2. The van der Waals surface area contributed by atoms with Gasteiger partial charge in [-0.1, -0.05) is 5.16 Å². The summed E-state index contributed by atoms with van der Waals surface area (Å²) >= 11 is 0. The molecular formula is C14H21N5O2. The van der Waals surface area contributed by atoms with Crippen LogP contribution in [0.5, 0.6) is 0 Å². The summed E-state index contributed by atoms with van der Waals surface area (Å²) in [5, 5.41) is 6.85. The molecule has 0 bridgehead atoms. The molecule has 0 aromatic carbocycles. The first kappa shape index (κ1) is 15.1. The number of hydrogen-bond acceptors (Lipinski definition) is 4. The first-order valence-electron chi connectivity index (χ1n) is 6.86. The van der Waals surface area contributed by atoms with Gasteiger partial charge in [-0.2, -0.15) is 0 Å². The Balaban J connectivity index is 1.87. The molecule has 21 heavy (non-hydrogen) atoms. The molecule has 7 nitrogen and oxygen atoms in total. The largest absolute Gasteiger partial charge is 0.361 e. The quantitative estimate of drug-likeness (QED) is 0.910. The molecule has 0 saturated heterocycles. The highest BCUT2D eigenvalue weighted by Gasteiger charge is 2.16. The van der Waals surface area contributed by atoms with Crippen LogP contribution >= 0.6 is 0 Å². The van der Waals surface area contributed by atoms with Gasteiger partial charge in [0.05, 0.1) is 18.6 Å². The van der Waals surface area contributed by atoms with Crippen molar-refractivity contribution in [3.05, 3.63) is 35.7 Å². The lowest BCUT2D eigenvalue weighted by Gasteiger charge is -2.21. The predicted octanol–water partition coefficient (Wildman–Crippen LogP) is 1.72. The highest BCUT2D eigenvalue weighted by Crippen LogP contribution is 2.14. The molecule has 0 aliphatic rings. The maximum atomic E-state index is 12.2. The van der Waals surface area contributed by atoms with Gasteiger partial charge in [-0.25, -0.2) is 9.78 Å². The van der Waals surface area contributed by atoms with Crippen molar-refractivity contribution >= 4 is 6.03 Å². The van der Waals surface area contributed by atoms with E-state index >= 15 is 0 Å². The Morgan fingerprint density at radius 2 is 2.29 bits per heavy atom. The highest BCUT2D eigenvalue weighted by molar-refractivity contribution is 5.74. The summed E-state index contributed by atoms with van der Waals surface area (Å²) in [6, 6.07) is -0.110. The van der Waals surface area contributed by atoms with E-state index in [1.165, 1.54) is 0 Å². The molecule has 1 atom stereocenters. The number of nitrogens with one attached hydrogen (secondary N) is 1. The molecule has 0 spiro atoms. The Morgan fingerprint density at radius 1 is 1.52 bits per heavy atom. The SMILES string of the molecule is Cc1noc(C)c1CN(C)C(=O)NC(C)Cn1ccnc1. The first-order chi connectivity index (χ1) is 9.97. The Labute approximate surface area is 123 Å². The molecule has 0 aliphatic carbocycles. The van der Waals surface area contributed by atoms with Gasteiger partial charge in [0, 0.05) is 37.6 Å².